The van der Waals surface area contributed by atoms with Crippen molar-refractivity contribution in [2.75, 3.05) is 6.54 Å². The molecule has 0 radical (unpaired) electrons. The van der Waals surface area contributed by atoms with Crippen molar-refractivity contribution in [2.24, 2.45) is 0 Å². The molecule has 2 aromatic carbocycles. The second kappa shape index (κ2) is 10.8. The minimum atomic E-state index is -0.594. The lowest BCUT2D eigenvalue weighted by molar-refractivity contribution is -0.150. The van der Waals surface area contributed by atoms with Gasteiger partial charge in [0.2, 0.25) is 0 Å². The fourth-order valence-electron chi connectivity index (χ4n) is 4.08. The van der Waals surface area contributed by atoms with E-state index in [0.717, 1.165) is 25.1 Å². The van der Waals surface area contributed by atoms with Crippen LogP contribution < -0.4 is 5.32 Å². The van der Waals surface area contributed by atoms with Crippen LogP contribution in [0.25, 0.3) is 0 Å². The van der Waals surface area contributed by atoms with Gasteiger partial charge in [-0.3, -0.25) is 4.90 Å². The van der Waals surface area contributed by atoms with E-state index in [4.69, 9.17) is 9.47 Å². The summed E-state index contributed by atoms with van der Waals surface area (Å²) >= 11 is 0. The van der Waals surface area contributed by atoms with E-state index in [9.17, 15) is 9.59 Å². The molecular formula is C27H36N2O4. The molecule has 33 heavy (non-hydrogen) atoms. The van der Waals surface area contributed by atoms with E-state index in [1.165, 1.54) is 27.2 Å². The van der Waals surface area contributed by atoms with Gasteiger partial charge < -0.3 is 14.8 Å². The van der Waals surface area contributed by atoms with Crippen LogP contribution in [-0.2, 0) is 34.0 Å². The average molecular weight is 453 g/mol. The molecule has 1 heterocycles. The van der Waals surface area contributed by atoms with Crippen LogP contribution in [0.5, 0.6) is 0 Å². The van der Waals surface area contributed by atoms with Crippen LogP contribution in [0, 0.1) is 13.8 Å². The van der Waals surface area contributed by atoms with Gasteiger partial charge in [-0.05, 0) is 64.2 Å². The predicted molar refractivity (Wildman–Crippen MR) is 129 cm³/mol. The molecule has 6 heteroatoms. The van der Waals surface area contributed by atoms with E-state index < -0.39 is 17.7 Å². The topological polar surface area (TPSA) is 67.9 Å². The molecule has 1 N–H and O–H groups in total. The van der Waals surface area contributed by atoms with Crippen LogP contribution in [0.15, 0.2) is 42.5 Å². The van der Waals surface area contributed by atoms with Crippen LogP contribution in [0.3, 0.4) is 0 Å². The fraction of sp³-hybridized carbons (Fsp3) is 0.481. The van der Waals surface area contributed by atoms with Gasteiger partial charge in [0.15, 0.2) is 0 Å². The maximum atomic E-state index is 12.6. The molecular weight excluding hydrogens is 416 g/mol. The lowest BCUT2D eigenvalue weighted by Gasteiger charge is -2.27. The predicted octanol–water partition coefficient (Wildman–Crippen LogP) is 5.04. The third kappa shape index (κ3) is 7.60. The van der Waals surface area contributed by atoms with Gasteiger partial charge in [-0.2, -0.15) is 0 Å². The van der Waals surface area contributed by atoms with E-state index in [1.807, 2.05) is 45.0 Å². The smallest absolute Gasteiger partial charge is 0.411 e. The van der Waals surface area contributed by atoms with E-state index in [-0.39, 0.29) is 12.6 Å². The monoisotopic (exact) mass is 452 g/mol. The molecule has 1 atom stereocenters. The number of likely N-dealkylation sites (tertiary alicyclic amines) is 1. The summed E-state index contributed by atoms with van der Waals surface area (Å²) in [5.74, 6) is -0.377. The molecule has 1 aliphatic heterocycles. The molecule has 1 aliphatic rings. The molecule has 2 aromatic rings. The summed E-state index contributed by atoms with van der Waals surface area (Å²) in [5, 5.41) is 3.48. The van der Waals surface area contributed by atoms with Crippen LogP contribution in [-0.4, -0.2) is 35.2 Å². The summed E-state index contributed by atoms with van der Waals surface area (Å²) < 4.78 is 10.9. The van der Waals surface area contributed by atoms with Gasteiger partial charge >= 0.3 is 12.1 Å². The Balaban J connectivity index is 1.45. The van der Waals surface area contributed by atoms with Gasteiger partial charge in [0.25, 0.3) is 0 Å². The molecule has 1 saturated heterocycles. The number of ether oxygens (including phenoxy) is 2. The Hall–Kier alpha value is -2.86. The van der Waals surface area contributed by atoms with E-state index in [2.05, 4.69) is 37.4 Å². The summed E-state index contributed by atoms with van der Waals surface area (Å²) in [6, 6.07) is 14.0. The molecule has 0 saturated carbocycles. The number of benzene rings is 2. The molecule has 0 spiro atoms. The Bertz CT molecular complexity index is 943. The lowest BCUT2D eigenvalue weighted by Crippen LogP contribution is -2.44. The first kappa shape index (κ1) is 24.8. The number of nitrogens with one attached hydrogen (secondary N) is 1. The second-order valence-corrected chi connectivity index (χ2v) is 9.86. The van der Waals surface area contributed by atoms with Gasteiger partial charge in [0.05, 0.1) is 0 Å². The zero-order valence-corrected chi connectivity index (χ0v) is 20.4. The van der Waals surface area contributed by atoms with Gasteiger partial charge in [0.1, 0.15) is 18.2 Å². The van der Waals surface area contributed by atoms with E-state index in [0.29, 0.717) is 13.0 Å². The highest BCUT2D eigenvalue weighted by molar-refractivity contribution is 5.82. The zero-order chi connectivity index (χ0) is 24.0. The van der Waals surface area contributed by atoms with Crippen molar-refractivity contribution in [3.8, 4) is 0 Å². The normalized spacial score (nSPS) is 16.0. The quantitative estimate of drug-likeness (QED) is 0.597. The molecule has 0 unspecified atom stereocenters. The number of carbonyl (C=O) groups is 2. The number of nitrogens with zero attached hydrogens (tertiary/aromatic N) is 1. The Morgan fingerprint density at radius 1 is 0.970 bits per heavy atom. The summed E-state index contributed by atoms with van der Waals surface area (Å²) in [4.78, 5) is 26.5. The molecule has 1 fully saturated rings. The van der Waals surface area contributed by atoms with E-state index >= 15 is 0 Å². The van der Waals surface area contributed by atoms with Crippen molar-refractivity contribution in [1.29, 1.82) is 0 Å². The van der Waals surface area contributed by atoms with E-state index in [1.54, 1.807) is 0 Å². The lowest BCUT2D eigenvalue weighted by atomic mass is 10.1. The Morgan fingerprint density at radius 3 is 2.21 bits per heavy atom. The van der Waals surface area contributed by atoms with Gasteiger partial charge in [-0.25, -0.2) is 9.59 Å². The van der Waals surface area contributed by atoms with Crippen molar-refractivity contribution < 1.29 is 19.1 Å². The first-order chi connectivity index (χ1) is 15.6. The van der Waals surface area contributed by atoms with Crippen molar-refractivity contribution in [2.45, 2.75) is 78.8 Å². The molecule has 0 aromatic heterocycles. The number of hydrogen-bond donors (Lipinski definition) is 1. The van der Waals surface area contributed by atoms with Gasteiger partial charge in [-0.15, -0.1) is 0 Å². The Kier molecular flexibility index (Phi) is 8.14. The van der Waals surface area contributed by atoms with Crippen molar-refractivity contribution in [3.63, 3.8) is 0 Å². The summed E-state index contributed by atoms with van der Waals surface area (Å²) in [5.41, 5.74) is 5.33. The first-order valence-electron chi connectivity index (χ1n) is 11.6. The molecule has 3 rings (SSSR count). The number of esters is 1. The molecule has 1 amide bonds. The van der Waals surface area contributed by atoms with Crippen molar-refractivity contribution >= 4 is 12.1 Å². The van der Waals surface area contributed by atoms with Crippen molar-refractivity contribution in [1.82, 2.24) is 10.2 Å². The SMILES string of the molecule is Cc1cc(C)cc(CNCc2ccc(COC(=O)[C@@H]3CCCN3C(=O)OC(C)(C)C)cc2)c1. The summed E-state index contributed by atoms with van der Waals surface area (Å²) in [6.45, 7) is 12.0. The van der Waals surface area contributed by atoms with Crippen LogP contribution in [0.1, 0.15) is 61.4 Å². The average Bonchev–Trinajstić information content (AvgIpc) is 3.21. The third-order valence-corrected chi connectivity index (χ3v) is 5.50. The van der Waals surface area contributed by atoms with Gasteiger partial charge in [0, 0.05) is 19.6 Å². The highest BCUT2D eigenvalue weighted by Crippen LogP contribution is 2.22. The summed E-state index contributed by atoms with van der Waals surface area (Å²) in [6.07, 6.45) is 0.908. The largest absolute Gasteiger partial charge is 0.459 e. The van der Waals surface area contributed by atoms with Crippen molar-refractivity contribution in [3.05, 3.63) is 70.3 Å². The Labute approximate surface area is 197 Å². The number of hydrogen-bond acceptors (Lipinski definition) is 5. The minimum Gasteiger partial charge on any atom is -0.459 e. The first-order valence-corrected chi connectivity index (χ1v) is 11.6. The minimum absolute atomic E-state index is 0.188. The zero-order valence-electron chi connectivity index (χ0n) is 20.4. The third-order valence-electron chi connectivity index (χ3n) is 5.50. The standard InChI is InChI=1S/C27H36N2O4/c1-19-13-20(2)15-23(14-19)17-28-16-21-8-10-22(11-9-21)18-32-25(30)24-7-6-12-29(24)26(31)33-27(3,4)5/h8-11,13-15,24,28H,6-7,12,16-18H2,1-5H3/t24-/m0/s1. The van der Waals surface area contributed by atoms with Crippen LogP contribution >= 0.6 is 0 Å². The fourth-order valence-corrected chi connectivity index (χ4v) is 4.08. The number of carbonyl (C=O) groups excluding carboxylic acids is 2. The molecule has 178 valence electrons. The maximum absolute atomic E-state index is 12.6. The highest BCUT2D eigenvalue weighted by Gasteiger charge is 2.37. The number of amides is 1. The van der Waals surface area contributed by atoms with Gasteiger partial charge in [-0.1, -0.05) is 53.6 Å². The molecule has 0 bridgehead atoms. The second-order valence-electron chi connectivity index (χ2n) is 9.86. The van der Waals surface area contributed by atoms with Crippen LogP contribution in [0.4, 0.5) is 4.79 Å². The number of rotatable bonds is 7. The number of aryl methyl sites for hydroxylation is 2. The molecule has 0 aliphatic carbocycles. The maximum Gasteiger partial charge on any atom is 0.411 e. The Morgan fingerprint density at radius 2 is 1.58 bits per heavy atom. The van der Waals surface area contributed by atoms with Crippen LogP contribution in [0.2, 0.25) is 0 Å². The summed E-state index contributed by atoms with van der Waals surface area (Å²) in [7, 11) is 0. The highest BCUT2D eigenvalue weighted by atomic mass is 16.6. The molecule has 6 nitrogen and oxygen atoms in total.